The summed E-state index contributed by atoms with van der Waals surface area (Å²) >= 11 is 3.28. The summed E-state index contributed by atoms with van der Waals surface area (Å²) in [6.45, 7) is 0. The first-order valence-electron chi connectivity index (χ1n) is 5.30. The summed E-state index contributed by atoms with van der Waals surface area (Å²) < 4.78 is 10.3. The van der Waals surface area contributed by atoms with Gasteiger partial charge < -0.3 is 14.8 Å². The van der Waals surface area contributed by atoms with Gasteiger partial charge in [0.2, 0.25) is 0 Å². The second-order valence-electron chi connectivity index (χ2n) is 3.45. The normalized spacial score (nSPS) is 8.85. The Morgan fingerprint density at radius 2 is 2.00 bits per heavy atom. The minimum atomic E-state index is -0.528. The average Bonchev–Trinajstić information content (AvgIpc) is 2.48. The van der Waals surface area contributed by atoms with Crippen LogP contribution in [0, 0.1) is 22.7 Å². The molecule has 0 aliphatic heterocycles. The van der Waals surface area contributed by atoms with E-state index >= 15 is 0 Å². The lowest BCUT2D eigenvalue weighted by Crippen LogP contribution is -2.05. The van der Waals surface area contributed by atoms with Crippen molar-refractivity contribution in [3.63, 3.8) is 0 Å². The van der Waals surface area contributed by atoms with E-state index in [1.807, 2.05) is 0 Å². The van der Waals surface area contributed by atoms with Crippen molar-refractivity contribution in [3.8, 4) is 17.9 Å². The number of hydrogen-bond acceptors (Lipinski definition) is 6. The van der Waals surface area contributed by atoms with Gasteiger partial charge in [0.1, 0.15) is 29.0 Å². The van der Waals surface area contributed by atoms with E-state index in [0.717, 1.165) is 0 Å². The minimum absolute atomic E-state index is 0.0760. The third-order valence-corrected chi connectivity index (χ3v) is 2.96. The summed E-state index contributed by atoms with van der Waals surface area (Å²) in [7, 11) is 2.70. The fourth-order valence-corrected chi connectivity index (χ4v) is 1.80. The molecule has 0 saturated heterocycles. The molecule has 0 aromatic heterocycles. The van der Waals surface area contributed by atoms with Crippen LogP contribution >= 0.6 is 15.9 Å². The topological polar surface area (TPSA) is 95.1 Å². The van der Waals surface area contributed by atoms with Gasteiger partial charge in [-0.25, -0.2) is 4.79 Å². The lowest BCUT2D eigenvalue weighted by Gasteiger charge is -2.11. The Morgan fingerprint density at radius 1 is 1.35 bits per heavy atom. The highest BCUT2D eigenvalue weighted by atomic mass is 79.9. The molecule has 1 aromatic carbocycles. The Labute approximate surface area is 124 Å². The molecule has 0 atom stereocenters. The molecule has 0 spiro atoms. The molecule has 0 amide bonds. The second-order valence-corrected chi connectivity index (χ2v) is 4.30. The van der Waals surface area contributed by atoms with Gasteiger partial charge in [0.05, 0.1) is 19.9 Å². The first-order chi connectivity index (χ1) is 9.57. The number of nitrogens with one attached hydrogen (secondary N) is 1. The number of nitrogens with zero attached hydrogens (tertiary/aromatic N) is 2. The molecular formula is C13H10BrN3O3. The smallest absolute Gasteiger partial charge is 0.341 e. The maximum atomic E-state index is 11.6. The van der Waals surface area contributed by atoms with E-state index in [-0.39, 0.29) is 11.1 Å². The van der Waals surface area contributed by atoms with E-state index in [1.54, 1.807) is 18.2 Å². The van der Waals surface area contributed by atoms with Gasteiger partial charge in [-0.3, -0.25) is 0 Å². The zero-order valence-electron chi connectivity index (χ0n) is 10.7. The van der Waals surface area contributed by atoms with Gasteiger partial charge in [0.25, 0.3) is 0 Å². The van der Waals surface area contributed by atoms with Crippen molar-refractivity contribution in [3.05, 3.63) is 33.9 Å². The molecule has 1 rings (SSSR count). The van der Waals surface area contributed by atoms with Crippen LogP contribution in [0.25, 0.3) is 0 Å². The number of anilines is 1. The molecule has 0 heterocycles. The molecule has 1 aromatic rings. The predicted octanol–water partition coefficient (Wildman–Crippen LogP) is 2.59. The van der Waals surface area contributed by atoms with E-state index in [0.29, 0.717) is 15.9 Å². The van der Waals surface area contributed by atoms with Crippen molar-refractivity contribution in [2.75, 3.05) is 19.5 Å². The molecule has 0 bridgehead atoms. The van der Waals surface area contributed by atoms with Crippen molar-refractivity contribution >= 4 is 27.6 Å². The number of carbonyl (C=O) groups is 1. The summed E-state index contributed by atoms with van der Waals surface area (Å²) in [4.78, 5) is 11.6. The number of halogens is 1. The number of benzene rings is 1. The number of rotatable bonds is 4. The lowest BCUT2D eigenvalue weighted by atomic mass is 10.2. The van der Waals surface area contributed by atoms with Crippen molar-refractivity contribution < 1.29 is 14.3 Å². The molecule has 0 aliphatic carbocycles. The number of allylic oxidation sites excluding steroid dienone is 1. The third kappa shape index (κ3) is 3.50. The minimum Gasteiger partial charge on any atom is -0.496 e. The van der Waals surface area contributed by atoms with Crippen LogP contribution in [0.3, 0.4) is 0 Å². The van der Waals surface area contributed by atoms with Crippen molar-refractivity contribution in [1.29, 1.82) is 10.5 Å². The Bertz CT molecular complexity index is 625. The van der Waals surface area contributed by atoms with E-state index < -0.39 is 5.97 Å². The summed E-state index contributed by atoms with van der Waals surface area (Å²) in [6.07, 6.45) is 1.26. The van der Waals surface area contributed by atoms with Crippen molar-refractivity contribution in [2.45, 2.75) is 0 Å². The molecule has 6 nitrogen and oxygen atoms in total. The largest absolute Gasteiger partial charge is 0.496 e. The first-order valence-corrected chi connectivity index (χ1v) is 6.09. The van der Waals surface area contributed by atoms with E-state index in [9.17, 15) is 4.79 Å². The Morgan fingerprint density at radius 3 is 2.50 bits per heavy atom. The van der Waals surface area contributed by atoms with Crippen LogP contribution in [-0.4, -0.2) is 20.2 Å². The average molecular weight is 336 g/mol. The summed E-state index contributed by atoms with van der Waals surface area (Å²) in [5.74, 6) is -0.217. The van der Waals surface area contributed by atoms with E-state index in [2.05, 4.69) is 26.0 Å². The summed E-state index contributed by atoms with van der Waals surface area (Å²) in [5.41, 5.74) is 0.725. The maximum absolute atomic E-state index is 11.6. The van der Waals surface area contributed by atoms with Gasteiger partial charge in [0, 0.05) is 16.7 Å². The standard InChI is InChI=1S/C13H10BrN3O3/c1-19-12-4-11(17-7-8(5-15)6-16)10(14)3-9(12)13(18)20-2/h3-4,7,17H,1-2H3. The maximum Gasteiger partial charge on any atom is 0.341 e. The van der Waals surface area contributed by atoms with Crippen LogP contribution in [0.4, 0.5) is 5.69 Å². The Balaban J connectivity index is 3.19. The van der Waals surface area contributed by atoms with Crippen LogP contribution in [0.5, 0.6) is 5.75 Å². The first kappa shape index (κ1) is 15.5. The van der Waals surface area contributed by atoms with Gasteiger partial charge in [0.15, 0.2) is 0 Å². The van der Waals surface area contributed by atoms with Gasteiger partial charge in [-0.15, -0.1) is 0 Å². The number of methoxy groups -OCH3 is 2. The molecular weight excluding hydrogens is 326 g/mol. The van der Waals surface area contributed by atoms with Gasteiger partial charge in [-0.2, -0.15) is 10.5 Å². The number of nitriles is 2. The highest BCUT2D eigenvalue weighted by Gasteiger charge is 2.15. The highest BCUT2D eigenvalue weighted by Crippen LogP contribution is 2.31. The summed E-state index contributed by atoms with van der Waals surface area (Å²) in [6, 6.07) is 6.53. The number of carbonyl (C=O) groups excluding carboxylic acids is 1. The van der Waals surface area contributed by atoms with Crippen LogP contribution in [-0.2, 0) is 4.74 Å². The van der Waals surface area contributed by atoms with Crippen molar-refractivity contribution in [1.82, 2.24) is 0 Å². The Hall–Kier alpha value is -2.51. The molecule has 102 valence electrons. The van der Waals surface area contributed by atoms with E-state index in [4.69, 9.17) is 15.3 Å². The van der Waals surface area contributed by atoms with Crippen LogP contribution in [0.2, 0.25) is 0 Å². The fourth-order valence-electron chi connectivity index (χ4n) is 1.34. The summed E-state index contributed by atoms with van der Waals surface area (Å²) in [5, 5.41) is 20.1. The fraction of sp³-hybridized carbons (Fsp3) is 0.154. The number of hydrogen-bond donors (Lipinski definition) is 1. The molecule has 20 heavy (non-hydrogen) atoms. The molecule has 0 unspecified atom stereocenters. The van der Waals surface area contributed by atoms with Gasteiger partial charge >= 0.3 is 5.97 Å². The molecule has 0 fully saturated rings. The second kappa shape index (κ2) is 7.17. The SMILES string of the molecule is COC(=O)c1cc(Br)c(NC=C(C#N)C#N)cc1OC. The predicted molar refractivity (Wildman–Crippen MR) is 75.0 cm³/mol. The zero-order valence-corrected chi connectivity index (χ0v) is 12.3. The molecule has 1 N–H and O–H groups in total. The monoisotopic (exact) mass is 335 g/mol. The molecule has 0 radical (unpaired) electrons. The van der Waals surface area contributed by atoms with Crippen LogP contribution < -0.4 is 10.1 Å². The molecule has 7 heteroatoms. The number of esters is 1. The van der Waals surface area contributed by atoms with Crippen LogP contribution in [0.15, 0.2) is 28.4 Å². The Kier molecular flexibility index (Phi) is 5.57. The highest BCUT2D eigenvalue weighted by molar-refractivity contribution is 9.10. The molecule has 0 aliphatic rings. The zero-order chi connectivity index (χ0) is 15.1. The quantitative estimate of drug-likeness (QED) is 0.671. The molecule has 0 saturated carbocycles. The number of ether oxygens (including phenoxy) is 2. The van der Waals surface area contributed by atoms with Crippen LogP contribution in [0.1, 0.15) is 10.4 Å². The van der Waals surface area contributed by atoms with E-state index in [1.165, 1.54) is 26.5 Å². The van der Waals surface area contributed by atoms with Crippen molar-refractivity contribution in [2.24, 2.45) is 0 Å². The van der Waals surface area contributed by atoms with Gasteiger partial charge in [-0.05, 0) is 22.0 Å². The lowest BCUT2D eigenvalue weighted by molar-refractivity contribution is 0.0597. The third-order valence-electron chi connectivity index (χ3n) is 2.31. The van der Waals surface area contributed by atoms with Gasteiger partial charge in [-0.1, -0.05) is 0 Å².